The lowest BCUT2D eigenvalue weighted by molar-refractivity contribution is -0.0254. The smallest absolute Gasteiger partial charge is 0.342 e. The van der Waals surface area contributed by atoms with Gasteiger partial charge in [0.15, 0.2) is 6.10 Å². The molecule has 0 fully saturated rings. The van der Waals surface area contributed by atoms with Crippen LogP contribution in [-0.4, -0.2) is 44.3 Å². The number of methoxy groups -OCH3 is 1. The maximum Gasteiger partial charge on any atom is 0.342 e. The van der Waals surface area contributed by atoms with E-state index >= 15 is 0 Å². The van der Waals surface area contributed by atoms with Crippen molar-refractivity contribution in [2.75, 3.05) is 20.3 Å². The topological polar surface area (TPSA) is 88.1 Å². The van der Waals surface area contributed by atoms with Gasteiger partial charge in [-0.3, -0.25) is 0 Å². The first-order chi connectivity index (χ1) is 15.6. The second-order valence-corrected chi connectivity index (χ2v) is 6.66. The van der Waals surface area contributed by atoms with E-state index in [0.29, 0.717) is 16.9 Å². The SMILES string of the molecule is COc1ccccc1C(=O)OCC(COC(=O)c1ccccc1)OC(=O)c1ccccc1. The van der Waals surface area contributed by atoms with Crippen LogP contribution in [0.1, 0.15) is 31.1 Å². The van der Waals surface area contributed by atoms with Crippen LogP contribution in [0, 0.1) is 0 Å². The molecule has 0 aliphatic carbocycles. The van der Waals surface area contributed by atoms with Crippen molar-refractivity contribution in [3.63, 3.8) is 0 Å². The molecule has 3 aromatic rings. The number of carbonyl (C=O) groups is 3. The molecule has 32 heavy (non-hydrogen) atoms. The van der Waals surface area contributed by atoms with Gasteiger partial charge in [0, 0.05) is 0 Å². The first kappa shape index (κ1) is 22.6. The predicted molar refractivity (Wildman–Crippen MR) is 116 cm³/mol. The Morgan fingerprint density at radius 3 is 1.75 bits per heavy atom. The monoisotopic (exact) mass is 434 g/mol. The van der Waals surface area contributed by atoms with Crippen molar-refractivity contribution in [2.24, 2.45) is 0 Å². The van der Waals surface area contributed by atoms with E-state index in [1.165, 1.54) is 7.11 Å². The molecule has 0 bridgehead atoms. The number of hydrogen-bond acceptors (Lipinski definition) is 7. The highest BCUT2D eigenvalue weighted by Crippen LogP contribution is 2.18. The molecule has 0 spiro atoms. The van der Waals surface area contributed by atoms with Gasteiger partial charge in [0.2, 0.25) is 0 Å². The normalized spacial score (nSPS) is 11.2. The molecule has 164 valence electrons. The third kappa shape index (κ3) is 6.18. The lowest BCUT2D eigenvalue weighted by atomic mass is 10.2. The van der Waals surface area contributed by atoms with Crippen LogP contribution in [0.15, 0.2) is 84.9 Å². The van der Waals surface area contributed by atoms with Gasteiger partial charge in [-0.05, 0) is 36.4 Å². The summed E-state index contributed by atoms with van der Waals surface area (Å²) in [6, 6.07) is 23.3. The number of hydrogen-bond donors (Lipinski definition) is 0. The zero-order valence-electron chi connectivity index (χ0n) is 17.4. The van der Waals surface area contributed by atoms with Gasteiger partial charge in [0.25, 0.3) is 0 Å². The highest BCUT2D eigenvalue weighted by atomic mass is 16.6. The van der Waals surface area contributed by atoms with Crippen LogP contribution in [0.4, 0.5) is 0 Å². The molecule has 0 heterocycles. The zero-order chi connectivity index (χ0) is 22.8. The minimum Gasteiger partial charge on any atom is -0.496 e. The van der Waals surface area contributed by atoms with Gasteiger partial charge in [-0.1, -0.05) is 48.5 Å². The summed E-state index contributed by atoms with van der Waals surface area (Å²) in [5.41, 5.74) is 0.902. The Bertz CT molecular complexity index is 1050. The highest BCUT2D eigenvalue weighted by molar-refractivity contribution is 5.92. The van der Waals surface area contributed by atoms with E-state index in [2.05, 4.69) is 0 Å². The van der Waals surface area contributed by atoms with Crippen molar-refractivity contribution < 1.29 is 33.3 Å². The second kappa shape index (κ2) is 11.3. The molecule has 0 aliphatic heterocycles. The molecule has 1 unspecified atom stereocenters. The van der Waals surface area contributed by atoms with Crippen molar-refractivity contribution in [3.8, 4) is 5.75 Å². The maximum absolute atomic E-state index is 12.5. The van der Waals surface area contributed by atoms with Gasteiger partial charge in [-0.2, -0.15) is 0 Å². The Hall–Kier alpha value is -4.13. The van der Waals surface area contributed by atoms with E-state index in [4.69, 9.17) is 18.9 Å². The third-order valence-electron chi connectivity index (χ3n) is 4.42. The zero-order valence-corrected chi connectivity index (χ0v) is 17.4. The van der Waals surface area contributed by atoms with Gasteiger partial charge in [0.1, 0.15) is 24.5 Å². The first-order valence-electron chi connectivity index (χ1n) is 9.87. The van der Waals surface area contributed by atoms with Gasteiger partial charge in [0.05, 0.1) is 18.2 Å². The van der Waals surface area contributed by atoms with E-state index in [-0.39, 0.29) is 18.8 Å². The Kier molecular flexibility index (Phi) is 7.97. The molecule has 7 nitrogen and oxygen atoms in total. The van der Waals surface area contributed by atoms with Gasteiger partial charge >= 0.3 is 17.9 Å². The predicted octanol–water partition coefficient (Wildman–Crippen LogP) is 3.93. The Morgan fingerprint density at radius 1 is 0.656 bits per heavy atom. The molecule has 0 aliphatic rings. The molecular weight excluding hydrogens is 412 g/mol. The number of para-hydroxylation sites is 1. The summed E-state index contributed by atoms with van der Waals surface area (Å²) >= 11 is 0. The highest BCUT2D eigenvalue weighted by Gasteiger charge is 2.22. The van der Waals surface area contributed by atoms with Crippen molar-refractivity contribution in [2.45, 2.75) is 6.10 Å². The molecule has 3 aromatic carbocycles. The average Bonchev–Trinajstić information content (AvgIpc) is 2.86. The van der Waals surface area contributed by atoms with Crippen molar-refractivity contribution in [3.05, 3.63) is 102 Å². The summed E-state index contributed by atoms with van der Waals surface area (Å²) in [5, 5.41) is 0. The lowest BCUT2D eigenvalue weighted by Gasteiger charge is -2.18. The fourth-order valence-corrected chi connectivity index (χ4v) is 2.80. The summed E-state index contributed by atoms with van der Waals surface area (Å²) in [6.07, 6.45) is -1.01. The molecule has 0 N–H and O–H groups in total. The van der Waals surface area contributed by atoms with Crippen LogP contribution in [0.3, 0.4) is 0 Å². The quantitative estimate of drug-likeness (QED) is 0.372. The molecule has 0 saturated heterocycles. The van der Waals surface area contributed by atoms with Gasteiger partial charge < -0.3 is 18.9 Å². The molecule has 7 heteroatoms. The fraction of sp³-hybridized carbons (Fsp3) is 0.160. The molecule has 1 atom stereocenters. The largest absolute Gasteiger partial charge is 0.496 e. The molecule has 0 aromatic heterocycles. The maximum atomic E-state index is 12.5. The van der Waals surface area contributed by atoms with Crippen LogP contribution < -0.4 is 4.74 Å². The van der Waals surface area contributed by atoms with Crippen molar-refractivity contribution in [1.29, 1.82) is 0 Å². The van der Waals surface area contributed by atoms with Crippen LogP contribution in [0.25, 0.3) is 0 Å². The number of rotatable bonds is 9. The summed E-state index contributed by atoms with van der Waals surface area (Å²) < 4.78 is 21.2. The van der Waals surface area contributed by atoms with E-state index in [0.717, 1.165) is 0 Å². The Balaban J connectivity index is 1.67. The molecule has 0 saturated carbocycles. The van der Waals surface area contributed by atoms with Crippen molar-refractivity contribution >= 4 is 17.9 Å². The number of benzene rings is 3. The van der Waals surface area contributed by atoms with E-state index in [9.17, 15) is 14.4 Å². The van der Waals surface area contributed by atoms with Crippen LogP contribution >= 0.6 is 0 Å². The summed E-state index contributed by atoms with van der Waals surface area (Å²) in [4.78, 5) is 37.2. The minimum absolute atomic E-state index is 0.226. The lowest BCUT2D eigenvalue weighted by Crippen LogP contribution is -2.31. The molecule has 3 rings (SSSR count). The Labute approximate surface area is 185 Å². The third-order valence-corrected chi connectivity index (χ3v) is 4.42. The van der Waals surface area contributed by atoms with Gasteiger partial charge in [-0.25, -0.2) is 14.4 Å². The summed E-state index contributed by atoms with van der Waals surface area (Å²) in [7, 11) is 1.44. The molecule has 0 radical (unpaired) electrons. The number of esters is 3. The van der Waals surface area contributed by atoms with Crippen LogP contribution in [-0.2, 0) is 14.2 Å². The number of carbonyl (C=O) groups excluding carboxylic acids is 3. The summed E-state index contributed by atoms with van der Waals surface area (Å²) in [5.74, 6) is -1.51. The van der Waals surface area contributed by atoms with Crippen molar-refractivity contribution in [1.82, 2.24) is 0 Å². The van der Waals surface area contributed by atoms with Gasteiger partial charge in [-0.15, -0.1) is 0 Å². The second-order valence-electron chi connectivity index (χ2n) is 6.66. The molecular formula is C25H22O7. The van der Waals surface area contributed by atoms with E-state index in [1.807, 2.05) is 0 Å². The van der Waals surface area contributed by atoms with E-state index < -0.39 is 24.0 Å². The van der Waals surface area contributed by atoms with Crippen LogP contribution in [0.5, 0.6) is 5.75 Å². The fourth-order valence-electron chi connectivity index (χ4n) is 2.80. The number of ether oxygens (including phenoxy) is 4. The summed E-state index contributed by atoms with van der Waals surface area (Å²) in [6.45, 7) is -0.594. The standard InChI is InChI=1S/C25H22O7/c1-29-22-15-9-8-14-21(22)25(28)31-17-20(32-24(27)19-12-6-3-7-13-19)16-30-23(26)18-10-4-2-5-11-18/h2-15,20H,16-17H2,1H3. The average molecular weight is 434 g/mol. The van der Waals surface area contributed by atoms with Crippen LogP contribution in [0.2, 0.25) is 0 Å². The molecule has 0 amide bonds. The first-order valence-corrected chi connectivity index (χ1v) is 9.87. The minimum atomic E-state index is -1.01. The van der Waals surface area contributed by atoms with E-state index in [1.54, 1.807) is 84.9 Å². The Morgan fingerprint density at radius 2 is 1.16 bits per heavy atom.